The maximum atomic E-state index is 8.79. The van der Waals surface area contributed by atoms with Crippen molar-refractivity contribution in [2.24, 2.45) is 0 Å². The first kappa shape index (κ1) is 9.03. The van der Waals surface area contributed by atoms with E-state index in [1.807, 2.05) is 0 Å². The molecule has 0 aliphatic carbocycles. The van der Waals surface area contributed by atoms with Crippen LogP contribution in [0.2, 0.25) is 0 Å². The van der Waals surface area contributed by atoms with Crippen LogP contribution < -0.4 is 10.2 Å². The number of hydrogen-bond donors (Lipinski definition) is 2. The van der Waals surface area contributed by atoms with E-state index < -0.39 is 7.12 Å². The van der Waals surface area contributed by atoms with Gasteiger partial charge in [-0.1, -0.05) is 0 Å². The molecule has 0 aliphatic rings. The van der Waals surface area contributed by atoms with Gasteiger partial charge < -0.3 is 14.8 Å². The van der Waals surface area contributed by atoms with Gasteiger partial charge in [-0.3, -0.25) is 4.98 Å². The van der Waals surface area contributed by atoms with Crippen LogP contribution in [0.4, 0.5) is 0 Å². The third kappa shape index (κ3) is 1.75. The highest BCUT2D eigenvalue weighted by molar-refractivity contribution is 6.58. The minimum absolute atomic E-state index is 0.331. The number of aryl methyl sites for hydroxylation is 1. The minimum atomic E-state index is -1.49. The first-order valence-electron chi connectivity index (χ1n) is 3.52. The van der Waals surface area contributed by atoms with Crippen molar-refractivity contribution in [3.8, 4) is 5.75 Å². The van der Waals surface area contributed by atoms with Crippen LogP contribution >= 0.6 is 0 Å². The van der Waals surface area contributed by atoms with Gasteiger partial charge in [0.1, 0.15) is 5.75 Å². The smallest absolute Gasteiger partial charge is 0.490 e. The Bertz CT molecular complexity index is 277. The SMILES string of the molecule is COc1cc(B(O)O)cnc1C. The lowest BCUT2D eigenvalue weighted by Crippen LogP contribution is -2.30. The van der Waals surface area contributed by atoms with E-state index in [0.29, 0.717) is 11.2 Å². The standard InChI is InChI=1S/C7H10BNO3/c1-5-7(12-2)3-6(4-9-5)8(10)11/h3-4,10-11H,1-2H3. The van der Waals surface area contributed by atoms with Crippen LogP contribution in [0.3, 0.4) is 0 Å². The normalized spacial score (nSPS) is 9.67. The van der Waals surface area contributed by atoms with Crippen molar-refractivity contribution in [1.82, 2.24) is 4.98 Å². The largest absolute Gasteiger partial charge is 0.495 e. The number of nitrogens with zero attached hydrogens (tertiary/aromatic N) is 1. The zero-order valence-corrected chi connectivity index (χ0v) is 6.98. The van der Waals surface area contributed by atoms with Gasteiger partial charge in [0.05, 0.1) is 12.8 Å². The van der Waals surface area contributed by atoms with E-state index >= 15 is 0 Å². The van der Waals surface area contributed by atoms with E-state index in [9.17, 15) is 0 Å². The molecule has 1 heterocycles. The molecule has 1 aromatic rings. The quantitative estimate of drug-likeness (QED) is 0.559. The predicted octanol–water partition coefficient (Wildman–Crippen LogP) is -0.922. The Balaban J connectivity index is 3.05. The number of methoxy groups -OCH3 is 1. The van der Waals surface area contributed by atoms with Crippen LogP contribution in [-0.4, -0.2) is 29.3 Å². The molecule has 12 heavy (non-hydrogen) atoms. The lowest BCUT2D eigenvalue weighted by molar-refractivity contribution is 0.407. The van der Waals surface area contributed by atoms with Crippen LogP contribution in [-0.2, 0) is 0 Å². The van der Waals surface area contributed by atoms with Gasteiger partial charge in [-0.2, -0.15) is 0 Å². The fourth-order valence-corrected chi connectivity index (χ4v) is 0.876. The number of ether oxygens (including phenoxy) is 1. The lowest BCUT2D eigenvalue weighted by atomic mass is 9.81. The van der Waals surface area contributed by atoms with Crippen LogP contribution in [0.5, 0.6) is 5.75 Å². The van der Waals surface area contributed by atoms with E-state index in [1.165, 1.54) is 13.3 Å². The Hall–Kier alpha value is -1.07. The number of rotatable bonds is 2. The van der Waals surface area contributed by atoms with Crippen molar-refractivity contribution >= 4 is 12.6 Å². The summed E-state index contributed by atoms with van der Waals surface area (Å²) in [4.78, 5) is 3.93. The molecule has 4 nitrogen and oxygen atoms in total. The first-order chi connectivity index (χ1) is 5.65. The third-order valence-electron chi connectivity index (χ3n) is 1.58. The molecular formula is C7H10BNO3. The summed E-state index contributed by atoms with van der Waals surface area (Å²) in [5.74, 6) is 0.556. The van der Waals surface area contributed by atoms with Gasteiger partial charge in [0, 0.05) is 11.7 Å². The molecule has 0 radical (unpaired) electrons. The van der Waals surface area contributed by atoms with E-state index in [-0.39, 0.29) is 0 Å². The first-order valence-corrected chi connectivity index (χ1v) is 3.52. The molecular weight excluding hydrogens is 157 g/mol. The summed E-state index contributed by atoms with van der Waals surface area (Å²) in [5, 5.41) is 17.6. The molecule has 0 amide bonds. The highest BCUT2D eigenvalue weighted by atomic mass is 16.5. The van der Waals surface area contributed by atoms with Gasteiger partial charge in [-0.05, 0) is 13.0 Å². The van der Waals surface area contributed by atoms with Crippen LogP contribution in [0.15, 0.2) is 12.3 Å². The zero-order valence-electron chi connectivity index (χ0n) is 6.98. The fraction of sp³-hybridized carbons (Fsp3) is 0.286. The van der Waals surface area contributed by atoms with Crippen molar-refractivity contribution < 1.29 is 14.8 Å². The highest BCUT2D eigenvalue weighted by Gasteiger charge is 2.13. The molecule has 64 valence electrons. The van der Waals surface area contributed by atoms with Crippen LogP contribution in [0.25, 0.3) is 0 Å². The van der Waals surface area contributed by atoms with Gasteiger partial charge in [0.25, 0.3) is 0 Å². The number of aromatic nitrogens is 1. The number of pyridine rings is 1. The summed E-state index contributed by atoms with van der Waals surface area (Å²) in [6.45, 7) is 1.78. The average Bonchev–Trinajstić information content (AvgIpc) is 2.05. The second kappa shape index (κ2) is 3.56. The van der Waals surface area contributed by atoms with Crippen molar-refractivity contribution in [3.05, 3.63) is 18.0 Å². The monoisotopic (exact) mass is 167 g/mol. The van der Waals surface area contributed by atoms with Crippen LogP contribution in [0, 0.1) is 6.92 Å². The molecule has 0 atom stereocenters. The Morgan fingerprint density at radius 3 is 2.67 bits per heavy atom. The molecule has 0 aromatic carbocycles. The molecule has 5 heteroatoms. The summed E-state index contributed by atoms with van der Waals surface area (Å²) < 4.78 is 4.95. The molecule has 2 N–H and O–H groups in total. The molecule has 1 aromatic heterocycles. The topological polar surface area (TPSA) is 62.6 Å². The van der Waals surface area contributed by atoms with Gasteiger partial charge in [0.2, 0.25) is 0 Å². The van der Waals surface area contributed by atoms with Crippen molar-refractivity contribution in [2.45, 2.75) is 6.92 Å². The van der Waals surface area contributed by atoms with E-state index in [4.69, 9.17) is 14.8 Å². The maximum Gasteiger partial charge on any atom is 0.490 e. The fourth-order valence-electron chi connectivity index (χ4n) is 0.876. The molecule has 0 fully saturated rings. The summed E-state index contributed by atoms with van der Waals surface area (Å²) in [6.07, 6.45) is 1.41. The third-order valence-corrected chi connectivity index (χ3v) is 1.58. The predicted molar refractivity (Wildman–Crippen MR) is 45.4 cm³/mol. The second-order valence-corrected chi connectivity index (χ2v) is 2.43. The summed E-state index contributed by atoms with van der Waals surface area (Å²) in [7, 11) is 0.0179. The summed E-state index contributed by atoms with van der Waals surface area (Å²) >= 11 is 0. The molecule has 0 spiro atoms. The van der Waals surface area contributed by atoms with Gasteiger partial charge in [-0.15, -0.1) is 0 Å². The van der Waals surface area contributed by atoms with E-state index in [0.717, 1.165) is 5.69 Å². The Labute approximate surface area is 71.0 Å². The average molecular weight is 167 g/mol. The van der Waals surface area contributed by atoms with Crippen LogP contribution in [0.1, 0.15) is 5.69 Å². The molecule has 1 rings (SSSR count). The second-order valence-electron chi connectivity index (χ2n) is 2.43. The Morgan fingerprint density at radius 1 is 1.50 bits per heavy atom. The van der Waals surface area contributed by atoms with Crippen molar-refractivity contribution in [3.63, 3.8) is 0 Å². The molecule has 0 aliphatic heterocycles. The minimum Gasteiger partial charge on any atom is -0.495 e. The maximum absolute atomic E-state index is 8.79. The number of hydrogen-bond acceptors (Lipinski definition) is 4. The summed E-state index contributed by atoms with van der Waals surface area (Å²) in [5.41, 5.74) is 1.05. The van der Waals surface area contributed by atoms with E-state index in [2.05, 4.69) is 4.98 Å². The zero-order chi connectivity index (χ0) is 9.14. The summed E-state index contributed by atoms with van der Waals surface area (Å²) in [6, 6.07) is 1.55. The molecule has 0 unspecified atom stereocenters. The molecule has 0 saturated heterocycles. The molecule has 0 saturated carbocycles. The molecule has 0 bridgehead atoms. The highest BCUT2D eigenvalue weighted by Crippen LogP contribution is 2.10. The Kier molecular flexibility index (Phi) is 2.67. The van der Waals surface area contributed by atoms with Crippen molar-refractivity contribution in [1.29, 1.82) is 0 Å². The van der Waals surface area contributed by atoms with E-state index in [1.54, 1.807) is 13.0 Å². The van der Waals surface area contributed by atoms with Gasteiger partial charge >= 0.3 is 7.12 Å². The van der Waals surface area contributed by atoms with Crippen molar-refractivity contribution in [2.75, 3.05) is 7.11 Å². The Morgan fingerprint density at radius 2 is 2.17 bits per heavy atom. The van der Waals surface area contributed by atoms with Gasteiger partial charge in [-0.25, -0.2) is 0 Å². The van der Waals surface area contributed by atoms with Gasteiger partial charge in [0.15, 0.2) is 0 Å². The lowest BCUT2D eigenvalue weighted by Gasteiger charge is -2.05.